The maximum atomic E-state index is 13.5. The van der Waals surface area contributed by atoms with Crippen LogP contribution in [0, 0.1) is 5.82 Å². The molecule has 1 N–H and O–H groups in total. The van der Waals surface area contributed by atoms with Gasteiger partial charge in [0.2, 0.25) is 0 Å². The van der Waals surface area contributed by atoms with E-state index in [0.29, 0.717) is 17.2 Å². The van der Waals surface area contributed by atoms with Crippen LogP contribution in [0.4, 0.5) is 4.39 Å². The number of aromatic carboxylic acids is 1. The van der Waals surface area contributed by atoms with Crippen LogP contribution in [0.15, 0.2) is 42.9 Å². The Hall–Kier alpha value is -3.09. The van der Waals surface area contributed by atoms with Gasteiger partial charge in [-0.05, 0) is 18.1 Å². The molecule has 7 heteroatoms. The van der Waals surface area contributed by atoms with Gasteiger partial charge in [0.1, 0.15) is 18.0 Å². The van der Waals surface area contributed by atoms with Gasteiger partial charge in [0.05, 0.1) is 0 Å². The molecule has 0 saturated heterocycles. The predicted octanol–water partition coefficient (Wildman–Crippen LogP) is 3.29. The highest BCUT2D eigenvalue weighted by Crippen LogP contribution is 2.22. The topological polar surface area (TPSA) is 80.9 Å². The Morgan fingerprint density at radius 2 is 2.04 bits per heavy atom. The number of carboxylic acid groups (broad SMARTS) is 1. The molecule has 6 nitrogen and oxygen atoms in total. The molecule has 0 radical (unpaired) electrons. The summed E-state index contributed by atoms with van der Waals surface area (Å²) in [5, 5.41) is 9.00. The van der Waals surface area contributed by atoms with Crippen molar-refractivity contribution in [3.05, 3.63) is 60.1 Å². The van der Waals surface area contributed by atoms with Crippen LogP contribution >= 0.6 is 0 Å². The first kappa shape index (κ1) is 15.8. The number of nitrogens with zero attached hydrogens (tertiary/aromatic N) is 4. The zero-order valence-electron chi connectivity index (χ0n) is 13.1. The first-order valence-corrected chi connectivity index (χ1v) is 7.36. The standard InChI is InChI=1S/C17H15FN4O2/c1-10(2)13-7-15(22-8-14(17(23)24)19-9-22)21-16(20-13)11-4-3-5-12(18)6-11/h3-10H,1-2H3,(H,23,24). The molecule has 0 bridgehead atoms. The average Bonchev–Trinajstić information content (AvgIpc) is 3.04. The van der Waals surface area contributed by atoms with Gasteiger partial charge in [-0.3, -0.25) is 4.57 Å². The number of aromatic nitrogens is 4. The minimum Gasteiger partial charge on any atom is -0.476 e. The van der Waals surface area contributed by atoms with E-state index in [1.807, 2.05) is 13.8 Å². The maximum absolute atomic E-state index is 13.5. The molecule has 0 atom stereocenters. The van der Waals surface area contributed by atoms with E-state index in [2.05, 4.69) is 15.0 Å². The van der Waals surface area contributed by atoms with Crippen LogP contribution in [0.5, 0.6) is 0 Å². The molecule has 24 heavy (non-hydrogen) atoms. The fourth-order valence-corrected chi connectivity index (χ4v) is 2.20. The lowest BCUT2D eigenvalue weighted by molar-refractivity contribution is 0.0691. The molecule has 0 amide bonds. The fourth-order valence-electron chi connectivity index (χ4n) is 2.20. The number of carbonyl (C=O) groups is 1. The number of hydrogen-bond acceptors (Lipinski definition) is 4. The van der Waals surface area contributed by atoms with Crippen LogP contribution in [-0.4, -0.2) is 30.6 Å². The van der Waals surface area contributed by atoms with E-state index in [-0.39, 0.29) is 17.4 Å². The molecule has 122 valence electrons. The van der Waals surface area contributed by atoms with E-state index < -0.39 is 5.97 Å². The van der Waals surface area contributed by atoms with Crippen molar-refractivity contribution in [3.8, 4) is 17.2 Å². The quantitative estimate of drug-likeness (QED) is 0.795. The van der Waals surface area contributed by atoms with E-state index in [0.717, 1.165) is 5.69 Å². The molecule has 0 saturated carbocycles. The van der Waals surface area contributed by atoms with Crippen molar-refractivity contribution in [1.82, 2.24) is 19.5 Å². The molecule has 0 spiro atoms. The molecule has 3 aromatic rings. The summed E-state index contributed by atoms with van der Waals surface area (Å²) < 4.78 is 15.0. The molecule has 1 aromatic carbocycles. The molecule has 0 aliphatic heterocycles. The average molecular weight is 326 g/mol. The Morgan fingerprint density at radius 3 is 2.67 bits per heavy atom. The van der Waals surface area contributed by atoms with Crippen molar-refractivity contribution in [2.45, 2.75) is 19.8 Å². The Kier molecular flexibility index (Phi) is 4.07. The zero-order chi connectivity index (χ0) is 17.3. The van der Waals surface area contributed by atoms with Gasteiger partial charge in [-0.25, -0.2) is 24.1 Å². The van der Waals surface area contributed by atoms with Gasteiger partial charge in [-0.15, -0.1) is 0 Å². The Labute approximate surface area is 137 Å². The van der Waals surface area contributed by atoms with E-state index in [1.165, 1.54) is 29.2 Å². The third kappa shape index (κ3) is 3.15. The lowest BCUT2D eigenvalue weighted by Crippen LogP contribution is -2.04. The minimum absolute atomic E-state index is 0.0768. The lowest BCUT2D eigenvalue weighted by atomic mass is 10.1. The van der Waals surface area contributed by atoms with Crippen LogP contribution in [0.1, 0.15) is 35.9 Å². The molecule has 3 rings (SSSR count). The predicted molar refractivity (Wildman–Crippen MR) is 85.6 cm³/mol. The molecule has 0 unspecified atom stereocenters. The van der Waals surface area contributed by atoms with Crippen molar-refractivity contribution in [3.63, 3.8) is 0 Å². The fraction of sp³-hybridized carbons (Fsp3) is 0.176. The molecule has 2 aromatic heterocycles. The summed E-state index contributed by atoms with van der Waals surface area (Å²) >= 11 is 0. The van der Waals surface area contributed by atoms with Gasteiger partial charge in [0.25, 0.3) is 0 Å². The zero-order valence-corrected chi connectivity index (χ0v) is 13.1. The highest BCUT2D eigenvalue weighted by Gasteiger charge is 2.13. The summed E-state index contributed by atoms with van der Waals surface area (Å²) in [6.07, 6.45) is 2.76. The van der Waals surface area contributed by atoms with E-state index >= 15 is 0 Å². The SMILES string of the molecule is CC(C)c1cc(-n2cnc(C(=O)O)c2)nc(-c2cccc(F)c2)n1. The minimum atomic E-state index is -1.11. The van der Waals surface area contributed by atoms with Gasteiger partial charge in [-0.1, -0.05) is 26.0 Å². The second-order valence-corrected chi connectivity index (χ2v) is 5.61. The van der Waals surface area contributed by atoms with Crippen molar-refractivity contribution in [2.24, 2.45) is 0 Å². The largest absolute Gasteiger partial charge is 0.476 e. The van der Waals surface area contributed by atoms with Gasteiger partial charge >= 0.3 is 5.97 Å². The molecular formula is C17H15FN4O2. The van der Waals surface area contributed by atoms with Crippen molar-refractivity contribution in [1.29, 1.82) is 0 Å². The number of hydrogen-bond donors (Lipinski definition) is 1. The normalized spacial score (nSPS) is 11.0. The number of rotatable bonds is 4. The Balaban J connectivity index is 2.13. The summed E-state index contributed by atoms with van der Waals surface area (Å²) in [5.74, 6) is -0.503. The highest BCUT2D eigenvalue weighted by molar-refractivity contribution is 5.85. The number of carboxylic acids is 1. The smallest absolute Gasteiger partial charge is 0.356 e. The maximum Gasteiger partial charge on any atom is 0.356 e. The second-order valence-electron chi connectivity index (χ2n) is 5.61. The molecule has 0 aliphatic carbocycles. The third-order valence-corrected chi connectivity index (χ3v) is 3.47. The Morgan fingerprint density at radius 1 is 1.25 bits per heavy atom. The first-order valence-electron chi connectivity index (χ1n) is 7.36. The van der Waals surface area contributed by atoms with Gasteiger partial charge in [-0.2, -0.15) is 0 Å². The summed E-state index contributed by atoms with van der Waals surface area (Å²) in [4.78, 5) is 23.7. The van der Waals surface area contributed by atoms with Crippen LogP contribution in [-0.2, 0) is 0 Å². The summed E-state index contributed by atoms with van der Waals surface area (Å²) in [5.41, 5.74) is 1.24. The van der Waals surface area contributed by atoms with E-state index in [1.54, 1.807) is 18.2 Å². The van der Waals surface area contributed by atoms with Gasteiger partial charge in [0.15, 0.2) is 11.5 Å². The molecule has 0 fully saturated rings. The summed E-state index contributed by atoms with van der Waals surface area (Å²) in [6, 6.07) is 7.80. The number of benzene rings is 1. The van der Waals surface area contributed by atoms with Gasteiger partial charge < -0.3 is 5.11 Å². The lowest BCUT2D eigenvalue weighted by Gasteiger charge is -2.11. The second kappa shape index (κ2) is 6.19. The van der Waals surface area contributed by atoms with E-state index in [4.69, 9.17) is 5.11 Å². The summed E-state index contributed by atoms with van der Waals surface area (Å²) in [6.45, 7) is 3.97. The number of halogens is 1. The van der Waals surface area contributed by atoms with Crippen LogP contribution in [0.25, 0.3) is 17.2 Å². The van der Waals surface area contributed by atoms with Crippen LogP contribution in [0.2, 0.25) is 0 Å². The van der Waals surface area contributed by atoms with Crippen LogP contribution in [0.3, 0.4) is 0 Å². The first-order chi connectivity index (χ1) is 11.4. The Bertz CT molecular complexity index is 905. The highest BCUT2D eigenvalue weighted by atomic mass is 19.1. The van der Waals surface area contributed by atoms with E-state index in [9.17, 15) is 9.18 Å². The molecule has 2 heterocycles. The van der Waals surface area contributed by atoms with Crippen molar-refractivity contribution in [2.75, 3.05) is 0 Å². The third-order valence-electron chi connectivity index (χ3n) is 3.47. The van der Waals surface area contributed by atoms with Crippen molar-refractivity contribution >= 4 is 5.97 Å². The number of imidazole rings is 1. The molecular weight excluding hydrogens is 311 g/mol. The molecule has 0 aliphatic rings. The summed E-state index contributed by atoms with van der Waals surface area (Å²) in [7, 11) is 0. The van der Waals surface area contributed by atoms with Crippen LogP contribution < -0.4 is 0 Å². The van der Waals surface area contributed by atoms with Gasteiger partial charge in [0, 0.05) is 23.5 Å². The van der Waals surface area contributed by atoms with Crippen molar-refractivity contribution < 1.29 is 14.3 Å². The monoisotopic (exact) mass is 326 g/mol.